The zero-order valence-corrected chi connectivity index (χ0v) is 10.1. The molecule has 0 aliphatic rings. The Balaban J connectivity index is 3.06. The van der Waals surface area contributed by atoms with E-state index in [-0.39, 0.29) is 0 Å². The van der Waals surface area contributed by atoms with E-state index >= 15 is 0 Å². The smallest absolute Gasteiger partial charge is 0.460 e. The van der Waals surface area contributed by atoms with Gasteiger partial charge in [0.2, 0.25) is 0 Å². The Labute approximate surface area is 117 Å². The number of hydrogen-bond acceptors (Lipinski definition) is 3. The molecule has 0 spiro atoms. The molecule has 0 saturated heterocycles. The van der Waals surface area contributed by atoms with Crippen molar-refractivity contribution in [3.05, 3.63) is 29.8 Å². The molecule has 0 saturated carbocycles. The summed E-state index contributed by atoms with van der Waals surface area (Å²) in [6, 6.07) is 3.09. The van der Waals surface area contributed by atoms with Gasteiger partial charge in [-0.25, -0.2) is 9.59 Å². The van der Waals surface area contributed by atoms with Gasteiger partial charge in [0.05, 0.1) is 5.56 Å². The van der Waals surface area contributed by atoms with E-state index in [1.54, 1.807) is 0 Å². The number of carbonyl (C=O) groups is 2. The Hall–Kier alpha value is -2.33. The van der Waals surface area contributed by atoms with Crippen molar-refractivity contribution in [1.82, 2.24) is 0 Å². The third kappa shape index (κ3) is 3.12. The van der Waals surface area contributed by atoms with E-state index in [2.05, 4.69) is 4.74 Å². The van der Waals surface area contributed by atoms with Crippen LogP contribution < -0.4 is 4.74 Å². The molecule has 122 valence electrons. The summed E-state index contributed by atoms with van der Waals surface area (Å²) < 4.78 is 90.5. The molecule has 11 heteroatoms. The molecule has 0 aliphatic carbocycles. The maximum absolute atomic E-state index is 13.0. The number of rotatable bonds is 4. The van der Waals surface area contributed by atoms with Gasteiger partial charge in [-0.3, -0.25) is 0 Å². The first-order valence-electron chi connectivity index (χ1n) is 5.18. The highest BCUT2D eigenvalue weighted by molar-refractivity contribution is 5.88. The molecular formula is C11H5F7O4. The minimum absolute atomic E-state index is 0.502. The summed E-state index contributed by atoms with van der Waals surface area (Å²) in [5, 5.41) is 8.58. The van der Waals surface area contributed by atoms with Gasteiger partial charge in [-0.15, -0.1) is 0 Å². The second kappa shape index (κ2) is 5.46. The lowest BCUT2D eigenvalue weighted by Crippen LogP contribution is -2.57. The van der Waals surface area contributed by atoms with E-state index in [4.69, 9.17) is 5.11 Å². The third-order valence-corrected chi connectivity index (χ3v) is 2.30. The van der Waals surface area contributed by atoms with Crippen LogP contribution in [0.4, 0.5) is 30.7 Å². The van der Waals surface area contributed by atoms with Gasteiger partial charge in [-0.05, 0) is 18.2 Å². The average Bonchev–Trinajstić information content (AvgIpc) is 2.37. The number of esters is 1. The second-order valence-electron chi connectivity index (χ2n) is 3.87. The molecule has 0 amide bonds. The number of ether oxygens (including phenoxy) is 1. The summed E-state index contributed by atoms with van der Waals surface area (Å²) in [4.78, 5) is 21.5. The number of benzene rings is 1. The molecule has 1 aromatic rings. The summed E-state index contributed by atoms with van der Waals surface area (Å²) >= 11 is 0. The van der Waals surface area contributed by atoms with Gasteiger partial charge in [-0.1, -0.05) is 6.07 Å². The van der Waals surface area contributed by atoms with Crippen LogP contribution in [0.1, 0.15) is 10.4 Å². The fraction of sp³-hybridized carbons (Fsp3) is 0.273. The monoisotopic (exact) mass is 334 g/mol. The van der Waals surface area contributed by atoms with E-state index in [0.717, 1.165) is 18.2 Å². The second-order valence-corrected chi connectivity index (χ2v) is 3.87. The maximum Gasteiger partial charge on any atom is 0.460 e. The van der Waals surface area contributed by atoms with Crippen molar-refractivity contribution in [3.63, 3.8) is 0 Å². The average molecular weight is 334 g/mol. The third-order valence-electron chi connectivity index (χ3n) is 2.30. The largest absolute Gasteiger partial charge is 0.478 e. The van der Waals surface area contributed by atoms with Crippen LogP contribution in [-0.2, 0) is 4.79 Å². The fourth-order valence-corrected chi connectivity index (χ4v) is 1.17. The van der Waals surface area contributed by atoms with Gasteiger partial charge >= 0.3 is 30.0 Å². The first kappa shape index (κ1) is 17.7. The van der Waals surface area contributed by atoms with Crippen molar-refractivity contribution >= 4 is 11.9 Å². The van der Waals surface area contributed by atoms with Crippen molar-refractivity contribution in [1.29, 1.82) is 0 Å². The quantitative estimate of drug-likeness (QED) is 0.522. The van der Waals surface area contributed by atoms with E-state index < -0.39 is 41.3 Å². The minimum Gasteiger partial charge on any atom is -0.478 e. The Morgan fingerprint density at radius 2 is 1.55 bits per heavy atom. The molecule has 4 nitrogen and oxygen atoms in total. The number of halogens is 7. The highest BCUT2D eigenvalue weighted by Crippen LogP contribution is 2.47. The van der Waals surface area contributed by atoms with E-state index in [9.17, 15) is 40.3 Å². The van der Waals surface area contributed by atoms with Gasteiger partial charge in [-0.2, -0.15) is 30.7 Å². The maximum atomic E-state index is 13.0. The van der Waals surface area contributed by atoms with Crippen LogP contribution in [0.5, 0.6) is 5.75 Å². The van der Waals surface area contributed by atoms with Gasteiger partial charge in [0.15, 0.2) is 0 Å². The molecule has 0 bridgehead atoms. The lowest BCUT2D eigenvalue weighted by molar-refractivity contribution is -0.346. The Bertz CT molecular complexity index is 594. The van der Waals surface area contributed by atoms with Crippen molar-refractivity contribution in [2.75, 3.05) is 0 Å². The van der Waals surface area contributed by atoms with Crippen molar-refractivity contribution < 1.29 is 50.2 Å². The van der Waals surface area contributed by atoms with Crippen LogP contribution in [0.2, 0.25) is 0 Å². The summed E-state index contributed by atoms with van der Waals surface area (Å²) in [7, 11) is 0. The standard InChI is InChI=1S/C11H5F7O4/c12-9(13,10(14,15)11(16,17)18)8(21)22-6-3-1-2-5(4-6)7(19)20/h1-4H,(H,19,20). The van der Waals surface area contributed by atoms with E-state index in [1.165, 1.54) is 0 Å². The van der Waals surface area contributed by atoms with Crippen LogP contribution in [0.15, 0.2) is 24.3 Å². The van der Waals surface area contributed by atoms with Crippen molar-refractivity contribution in [2.45, 2.75) is 18.0 Å². The first-order valence-corrected chi connectivity index (χ1v) is 5.18. The summed E-state index contributed by atoms with van der Waals surface area (Å²) in [6.07, 6.45) is -6.68. The van der Waals surface area contributed by atoms with Crippen LogP contribution in [-0.4, -0.2) is 35.1 Å². The molecule has 0 unspecified atom stereocenters. The fourth-order valence-electron chi connectivity index (χ4n) is 1.17. The van der Waals surface area contributed by atoms with Crippen molar-refractivity contribution in [3.8, 4) is 5.75 Å². The molecule has 0 aromatic heterocycles. The van der Waals surface area contributed by atoms with Crippen LogP contribution in [0, 0.1) is 0 Å². The van der Waals surface area contributed by atoms with E-state index in [1.807, 2.05) is 0 Å². The molecule has 0 fully saturated rings. The molecule has 0 heterocycles. The van der Waals surface area contributed by atoms with Gasteiger partial charge in [0.25, 0.3) is 0 Å². The van der Waals surface area contributed by atoms with Gasteiger partial charge in [0, 0.05) is 0 Å². The number of carbonyl (C=O) groups excluding carboxylic acids is 1. The zero-order chi connectivity index (χ0) is 17.3. The number of carboxylic acid groups (broad SMARTS) is 1. The Morgan fingerprint density at radius 1 is 1.00 bits per heavy atom. The van der Waals surface area contributed by atoms with E-state index in [0.29, 0.717) is 6.07 Å². The lowest BCUT2D eigenvalue weighted by Gasteiger charge is -2.26. The molecule has 0 atom stereocenters. The van der Waals surface area contributed by atoms with Crippen LogP contribution in [0.25, 0.3) is 0 Å². The predicted octanol–water partition coefficient (Wildman–Crippen LogP) is 3.12. The minimum atomic E-state index is -6.68. The summed E-state index contributed by atoms with van der Waals surface area (Å²) in [6.45, 7) is 0. The highest BCUT2D eigenvalue weighted by atomic mass is 19.4. The molecule has 0 aliphatic heterocycles. The molecule has 1 N–H and O–H groups in total. The molecule has 0 radical (unpaired) electrons. The molecular weight excluding hydrogens is 329 g/mol. The van der Waals surface area contributed by atoms with Crippen LogP contribution in [0.3, 0.4) is 0 Å². The lowest BCUT2D eigenvalue weighted by atomic mass is 10.1. The normalized spacial score (nSPS) is 12.9. The predicted molar refractivity (Wildman–Crippen MR) is 55.0 cm³/mol. The SMILES string of the molecule is O=C(O)c1cccc(OC(=O)C(F)(F)C(F)(F)C(F)(F)F)c1. The van der Waals surface area contributed by atoms with Crippen LogP contribution >= 0.6 is 0 Å². The first-order chi connectivity index (χ1) is 9.80. The number of aromatic carboxylic acids is 1. The Kier molecular flexibility index (Phi) is 4.40. The van der Waals surface area contributed by atoms with Gasteiger partial charge < -0.3 is 9.84 Å². The molecule has 22 heavy (non-hydrogen) atoms. The molecule has 1 rings (SSSR count). The molecule has 1 aromatic carbocycles. The summed E-state index contributed by atoms with van der Waals surface area (Å²) in [5.41, 5.74) is -0.559. The number of carboxylic acids is 1. The Morgan fingerprint density at radius 3 is 2.00 bits per heavy atom. The number of alkyl halides is 7. The van der Waals surface area contributed by atoms with Gasteiger partial charge in [0.1, 0.15) is 5.75 Å². The van der Waals surface area contributed by atoms with Crippen molar-refractivity contribution in [2.24, 2.45) is 0 Å². The zero-order valence-electron chi connectivity index (χ0n) is 10.1. The topological polar surface area (TPSA) is 63.6 Å². The highest BCUT2D eigenvalue weighted by Gasteiger charge is 2.77. The summed E-state index contributed by atoms with van der Waals surface area (Å²) in [5.74, 6) is -18.5. The number of hydrogen-bond donors (Lipinski definition) is 1.